The van der Waals surface area contributed by atoms with Crippen LogP contribution in [-0.4, -0.2) is 36.1 Å². The van der Waals surface area contributed by atoms with E-state index in [4.69, 9.17) is 0 Å². The summed E-state index contributed by atoms with van der Waals surface area (Å²) < 4.78 is 0. The standard InChI is InChI=1S/C13H28N2/c1-11(2)12(10-14-13(3,4)5)15-8-6-7-9-15/h11-12,14H,6-10H2,1-5H3. The van der Waals surface area contributed by atoms with Gasteiger partial charge < -0.3 is 5.32 Å². The van der Waals surface area contributed by atoms with Crippen molar-refractivity contribution in [2.24, 2.45) is 5.92 Å². The van der Waals surface area contributed by atoms with E-state index in [-0.39, 0.29) is 5.54 Å². The average Bonchev–Trinajstić information content (AvgIpc) is 2.54. The molecule has 1 aliphatic heterocycles. The van der Waals surface area contributed by atoms with Crippen LogP contribution in [0.25, 0.3) is 0 Å². The summed E-state index contributed by atoms with van der Waals surface area (Å²) in [6, 6.07) is 0.715. The van der Waals surface area contributed by atoms with Crippen molar-refractivity contribution in [2.45, 2.75) is 59.0 Å². The molecule has 0 aromatic rings. The minimum Gasteiger partial charge on any atom is -0.311 e. The zero-order valence-corrected chi connectivity index (χ0v) is 11.1. The highest BCUT2D eigenvalue weighted by molar-refractivity contribution is 4.83. The lowest BCUT2D eigenvalue weighted by Gasteiger charge is -2.34. The van der Waals surface area contributed by atoms with Crippen molar-refractivity contribution in [2.75, 3.05) is 19.6 Å². The molecule has 90 valence electrons. The molecule has 1 atom stereocenters. The first-order valence-corrected chi connectivity index (χ1v) is 6.39. The van der Waals surface area contributed by atoms with Crippen molar-refractivity contribution in [3.05, 3.63) is 0 Å². The van der Waals surface area contributed by atoms with Crippen LogP contribution in [0.1, 0.15) is 47.5 Å². The van der Waals surface area contributed by atoms with Gasteiger partial charge in [-0.05, 0) is 52.6 Å². The lowest BCUT2D eigenvalue weighted by molar-refractivity contribution is 0.176. The maximum atomic E-state index is 3.64. The third-order valence-corrected chi connectivity index (χ3v) is 3.22. The number of hydrogen-bond acceptors (Lipinski definition) is 2. The molecule has 0 amide bonds. The summed E-state index contributed by atoms with van der Waals surface area (Å²) in [6.07, 6.45) is 2.78. The molecule has 0 bridgehead atoms. The summed E-state index contributed by atoms with van der Waals surface area (Å²) in [6.45, 7) is 15.1. The minimum atomic E-state index is 0.243. The number of likely N-dealkylation sites (tertiary alicyclic amines) is 1. The summed E-state index contributed by atoms with van der Waals surface area (Å²) in [5, 5.41) is 3.64. The molecule has 0 aliphatic carbocycles. The van der Waals surface area contributed by atoms with Gasteiger partial charge in [-0.15, -0.1) is 0 Å². The van der Waals surface area contributed by atoms with Crippen LogP contribution in [0.3, 0.4) is 0 Å². The predicted molar refractivity (Wildman–Crippen MR) is 67.2 cm³/mol. The molecule has 15 heavy (non-hydrogen) atoms. The first kappa shape index (κ1) is 13.0. The summed E-state index contributed by atoms with van der Waals surface area (Å²) in [7, 11) is 0. The van der Waals surface area contributed by atoms with Crippen LogP contribution in [0, 0.1) is 5.92 Å². The number of nitrogens with zero attached hydrogens (tertiary/aromatic N) is 1. The van der Waals surface area contributed by atoms with Gasteiger partial charge in [-0.25, -0.2) is 0 Å². The molecule has 1 fully saturated rings. The molecule has 0 saturated carbocycles. The minimum absolute atomic E-state index is 0.243. The molecule has 0 radical (unpaired) electrons. The molecule has 2 nitrogen and oxygen atoms in total. The fraction of sp³-hybridized carbons (Fsp3) is 1.00. The lowest BCUT2D eigenvalue weighted by atomic mass is 10.0. The van der Waals surface area contributed by atoms with Gasteiger partial charge in [0.2, 0.25) is 0 Å². The van der Waals surface area contributed by atoms with Crippen molar-refractivity contribution in [3.63, 3.8) is 0 Å². The molecule has 1 aliphatic rings. The zero-order chi connectivity index (χ0) is 11.5. The van der Waals surface area contributed by atoms with Crippen LogP contribution in [0.2, 0.25) is 0 Å². The maximum absolute atomic E-state index is 3.64. The Morgan fingerprint density at radius 1 is 1.13 bits per heavy atom. The van der Waals surface area contributed by atoms with Gasteiger partial charge in [0.15, 0.2) is 0 Å². The van der Waals surface area contributed by atoms with E-state index in [1.165, 1.54) is 25.9 Å². The summed E-state index contributed by atoms with van der Waals surface area (Å²) in [5.41, 5.74) is 0.243. The predicted octanol–water partition coefficient (Wildman–Crippen LogP) is 2.49. The Kier molecular flexibility index (Phi) is 4.60. The van der Waals surface area contributed by atoms with E-state index in [1.54, 1.807) is 0 Å². The second-order valence-corrected chi connectivity index (χ2v) is 6.19. The Hall–Kier alpha value is -0.0800. The van der Waals surface area contributed by atoms with Gasteiger partial charge in [-0.3, -0.25) is 4.90 Å². The summed E-state index contributed by atoms with van der Waals surface area (Å²) in [5.74, 6) is 0.748. The first-order chi connectivity index (χ1) is 6.90. The normalized spacial score (nSPS) is 21.2. The Bertz CT molecular complexity index is 175. The fourth-order valence-electron chi connectivity index (χ4n) is 2.27. The van der Waals surface area contributed by atoms with Gasteiger partial charge in [-0.2, -0.15) is 0 Å². The van der Waals surface area contributed by atoms with Gasteiger partial charge >= 0.3 is 0 Å². The number of hydrogen-bond donors (Lipinski definition) is 1. The van der Waals surface area contributed by atoms with E-state index < -0.39 is 0 Å². The number of nitrogens with one attached hydrogen (secondary N) is 1. The lowest BCUT2D eigenvalue weighted by Crippen LogP contribution is -2.49. The van der Waals surface area contributed by atoms with Crippen LogP contribution in [0.4, 0.5) is 0 Å². The van der Waals surface area contributed by atoms with Crippen molar-refractivity contribution >= 4 is 0 Å². The Morgan fingerprint density at radius 3 is 2.07 bits per heavy atom. The van der Waals surface area contributed by atoms with Gasteiger partial charge in [-0.1, -0.05) is 13.8 Å². The molecule has 1 heterocycles. The van der Waals surface area contributed by atoms with Crippen LogP contribution in [0.15, 0.2) is 0 Å². The quantitative estimate of drug-likeness (QED) is 0.770. The van der Waals surface area contributed by atoms with E-state index in [0.29, 0.717) is 6.04 Å². The molecule has 0 aromatic heterocycles. The van der Waals surface area contributed by atoms with Crippen molar-refractivity contribution < 1.29 is 0 Å². The SMILES string of the molecule is CC(C)C(CNC(C)(C)C)N1CCCC1. The van der Waals surface area contributed by atoms with Gasteiger partial charge in [0.05, 0.1) is 0 Å². The molecule has 0 aromatic carbocycles. The van der Waals surface area contributed by atoms with Crippen molar-refractivity contribution in [1.29, 1.82) is 0 Å². The maximum Gasteiger partial charge on any atom is 0.0243 e. The molecule has 1 N–H and O–H groups in total. The highest BCUT2D eigenvalue weighted by atomic mass is 15.2. The van der Waals surface area contributed by atoms with E-state index in [0.717, 1.165) is 12.5 Å². The molecule has 2 heteroatoms. The third-order valence-electron chi connectivity index (χ3n) is 3.22. The Labute approximate surface area is 95.4 Å². The molecular weight excluding hydrogens is 184 g/mol. The van der Waals surface area contributed by atoms with E-state index in [2.05, 4.69) is 44.8 Å². The van der Waals surface area contributed by atoms with Gasteiger partial charge in [0.25, 0.3) is 0 Å². The van der Waals surface area contributed by atoms with Crippen LogP contribution >= 0.6 is 0 Å². The molecule has 1 rings (SSSR count). The van der Waals surface area contributed by atoms with E-state index >= 15 is 0 Å². The Morgan fingerprint density at radius 2 is 1.67 bits per heavy atom. The van der Waals surface area contributed by atoms with Crippen LogP contribution in [0.5, 0.6) is 0 Å². The summed E-state index contributed by atoms with van der Waals surface area (Å²) in [4.78, 5) is 2.66. The fourth-order valence-corrected chi connectivity index (χ4v) is 2.27. The smallest absolute Gasteiger partial charge is 0.0243 e. The molecule has 0 spiro atoms. The Balaban J connectivity index is 2.43. The average molecular weight is 212 g/mol. The largest absolute Gasteiger partial charge is 0.311 e. The first-order valence-electron chi connectivity index (χ1n) is 6.39. The van der Waals surface area contributed by atoms with Gasteiger partial charge in [0.1, 0.15) is 0 Å². The van der Waals surface area contributed by atoms with Crippen LogP contribution in [-0.2, 0) is 0 Å². The second-order valence-electron chi connectivity index (χ2n) is 6.19. The van der Waals surface area contributed by atoms with E-state index in [1.807, 2.05) is 0 Å². The third kappa shape index (κ3) is 4.52. The zero-order valence-electron chi connectivity index (χ0n) is 11.1. The molecule has 1 saturated heterocycles. The van der Waals surface area contributed by atoms with Gasteiger partial charge in [0, 0.05) is 18.1 Å². The summed E-state index contributed by atoms with van der Waals surface area (Å²) >= 11 is 0. The number of rotatable bonds is 4. The molecule has 1 unspecified atom stereocenters. The highest BCUT2D eigenvalue weighted by Gasteiger charge is 2.25. The van der Waals surface area contributed by atoms with Crippen molar-refractivity contribution in [1.82, 2.24) is 10.2 Å². The topological polar surface area (TPSA) is 15.3 Å². The second kappa shape index (κ2) is 5.31. The monoisotopic (exact) mass is 212 g/mol. The molecular formula is C13H28N2. The van der Waals surface area contributed by atoms with Crippen LogP contribution < -0.4 is 5.32 Å². The highest BCUT2D eigenvalue weighted by Crippen LogP contribution is 2.17. The van der Waals surface area contributed by atoms with E-state index in [9.17, 15) is 0 Å². The van der Waals surface area contributed by atoms with Crippen molar-refractivity contribution in [3.8, 4) is 0 Å².